The molecule has 1 aromatic heterocycles. The van der Waals surface area contributed by atoms with E-state index in [1.54, 1.807) is 0 Å². The normalized spacial score (nSPS) is 18.4. The van der Waals surface area contributed by atoms with Crippen LogP contribution in [0.2, 0.25) is 0 Å². The molecule has 0 saturated heterocycles. The molecule has 1 aromatic carbocycles. The minimum atomic E-state index is -0.629. The molecule has 4 nitrogen and oxygen atoms in total. The van der Waals surface area contributed by atoms with Crippen LogP contribution < -0.4 is 5.69 Å². The van der Waals surface area contributed by atoms with E-state index in [9.17, 15) is 13.6 Å². The van der Waals surface area contributed by atoms with Crippen LogP contribution in [0.1, 0.15) is 23.9 Å². The number of aromatic amines is 1. The van der Waals surface area contributed by atoms with Crippen molar-refractivity contribution < 1.29 is 8.78 Å². The van der Waals surface area contributed by atoms with Gasteiger partial charge < -0.3 is 0 Å². The summed E-state index contributed by atoms with van der Waals surface area (Å²) in [6.07, 6.45) is 1.03. The molecule has 0 saturated carbocycles. The van der Waals surface area contributed by atoms with Gasteiger partial charge in [0.25, 0.3) is 0 Å². The molecular formula is C11H9F2N3O. The van der Waals surface area contributed by atoms with Crippen molar-refractivity contribution in [2.45, 2.75) is 18.9 Å². The lowest BCUT2D eigenvalue weighted by molar-refractivity contribution is 0.492. The molecule has 0 bridgehead atoms. The maximum atomic E-state index is 13.6. The summed E-state index contributed by atoms with van der Waals surface area (Å²) in [5.74, 6) is -0.713. The molecule has 0 spiro atoms. The Morgan fingerprint density at radius 1 is 1.35 bits per heavy atom. The second kappa shape index (κ2) is 3.51. The number of halogens is 2. The summed E-state index contributed by atoms with van der Waals surface area (Å²) in [4.78, 5) is 11.5. The van der Waals surface area contributed by atoms with Crippen molar-refractivity contribution in [3.05, 3.63) is 51.7 Å². The van der Waals surface area contributed by atoms with Crippen molar-refractivity contribution in [3.63, 3.8) is 0 Å². The van der Waals surface area contributed by atoms with E-state index in [1.165, 1.54) is 22.8 Å². The van der Waals surface area contributed by atoms with E-state index < -0.39 is 23.4 Å². The molecule has 0 fully saturated rings. The van der Waals surface area contributed by atoms with Crippen molar-refractivity contribution in [1.82, 2.24) is 14.8 Å². The topological polar surface area (TPSA) is 50.7 Å². The lowest BCUT2D eigenvalue weighted by Crippen LogP contribution is -2.22. The molecule has 0 aliphatic carbocycles. The highest BCUT2D eigenvalue weighted by Crippen LogP contribution is 2.32. The molecule has 6 heteroatoms. The van der Waals surface area contributed by atoms with Gasteiger partial charge in [-0.15, -0.1) is 0 Å². The van der Waals surface area contributed by atoms with Gasteiger partial charge in [0.1, 0.15) is 17.5 Å². The Balaban J connectivity index is 2.19. The highest BCUT2D eigenvalue weighted by molar-refractivity contribution is 5.26. The van der Waals surface area contributed by atoms with Crippen LogP contribution in [0.5, 0.6) is 0 Å². The van der Waals surface area contributed by atoms with Crippen LogP contribution in [-0.2, 0) is 6.42 Å². The van der Waals surface area contributed by atoms with Crippen molar-refractivity contribution in [1.29, 1.82) is 0 Å². The summed E-state index contributed by atoms with van der Waals surface area (Å²) >= 11 is 0. The smallest absolute Gasteiger partial charge is 0.271 e. The van der Waals surface area contributed by atoms with Gasteiger partial charge in [-0.1, -0.05) is 6.07 Å². The quantitative estimate of drug-likeness (QED) is 0.814. The number of H-pyrrole nitrogens is 1. The molecule has 2 heterocycles. The molecular weight excluding hydrogens is 228 g/mol. The number of aryl methyl sites for hydroxylation is 1. The lowest BCUT2D eigenvalue weighted by Gasteiger charge is -2.13. The third-order valence-electron chi connectivity index (χ3n) is 3.06. The van der Waals surface area contributed by atoms with Gasteiger partial charge in [0.2, 0.25) is 0 Å². The molecule has 0 radical (unpaired) electrons. The summed E-state index contributed by atoms with van der Waals surface area (Å²) in [7, 11) is 0. The van der Waals surface area contributed by atoms with Crippen LogP contribution in [0.4, 0.5) is 8.78 Å². The monoisotopic (exact) mass is 237 g/mol. The number of aromatic nitrogens is 3. The number of fused-ring (bicyclic) bond motifs is 1. The first-order valence-corrected chi connectivity index (χ1v) is 5.28. The second-order valence-electron chi connectivity index (χ2n) is 4.00. The summed E-state index contributed by atoms with van der Waals surface area (Å²) in [5.41, 5.74) is -0.486. The van der Waals surface area contributed by atoms with Crippen molar-refractivity contribution in [2.24, 2.45) is 0 Å². The van der Waals surface area contributed by atoms with Crippen LogP contribution in [-0.4, -0.2) is 14.8 Å². The van der Waals surface area contributed by atoms with E-state index in [-0.39, 0.29) is 5.56 Å². The molecule has 1 N–H and O–H groups in total. The molecule has 17 heavy (non-hydrogen) atoms. The maximum Gasteiger partial charge on any atom is 0.343 e. The summed E-state index contributed by atoms with van der Waals surface area (Å²) in [5, 5.41) is 6.10. The zero-order valence-corrected chi connectivity index (χ0v) is 8.78. The minimum Gasteiger partial charge on any atom is -0.271 e. The van der Waals surface area contributed by atoms with Crippen LogP contribution >= 0.6 is 0 Å². The summed E-state index contributed by atoms with van der Waals surface area (Å²) < 4.78 is 28.6. The SMILES string of the molecule is O=c1[nH]nc2n1C(c1c(F)cccc1F)CC2. The fraction of sp³-hybridized carbons (Fsp3) is 0.273. The van der Waals surface area contributed by atoms with E-state index in [4.69, 9.17) is 0 Å². The van der Waals surface area contributed by atoms with Crippen LogP contribution in [0.25, 0.3) is 0 Å². The fourth-order valence-electron chi connectivity index (χ4n) is 2.33. The van der Waals surface area contributed by atoms with E-state index in [0.29, 0.717) is 18.7 Å². The molecule has 2 aromatic rings. The van der Waals surface area contributed by atoms with E-state index in [0.717, 1.165) is 0 Å². The largest absolute Gasteiger partial charge is 0.343 e. The summed E-state index contributed by atoms with van der Waals surface area (Å²) in [6, 6.07) is 3.10. The molecule has 0 amide bonds. The Hall–Kier alpha value is -1.98. The van der Waals surface area contributed by atoms with Gasteiger partial charge in [0.05, 0.1) is 6.04 Å². The molecule has 1 unspecified atom stereocenters. The Kier molecular flexibility index (Phi) is 2.10. The predicted molar refractivity (Wildman–Crippen MR) is 55.7 cm³/mol. The van der Waals surface area contributed by atoms with Crippen molar-refractivity contribution >= 4 is 0 Å². The minimum absolute atomic E-state index is 0.0604. The standard InChI is InChI=1S/C11H9F2N3O/c12-6-2-1-3-7(13)10(6)8-4-5-9-14-15-11(17)16(8)9/h1-3,8H,4-5H2,(H,15,17). The average Bonchev–Trinajstić information content (AvgIpc) is 2.83. The Labute approximate surface area is 94.9 Å². The molecule has 1 aliphatic heterocycles. The predicted octanol–water partition coefficient (Wildman–Crippen LogP) is 1.39. The van der Waals surface area contributed by atoms with E-state index in [2.05, 4.69) is 10.2 Å². The van der Waals surface area contributed by atoms with Gasteiger partial charge in [-0.2, -0.15) is 5.10 Å². The lowest BCUT2D eigenvalue weighted by atomic mass is 10.0. The van der Waals surface area contributed by atoms with E-state index >= 15 is 0 Å². The zero-order valence-electron chi connectivity index (χ0n) is 8.78. The van der Waals surface area contributed by atoms with Crippen molar-refractivity contribution in [3.8, 4) is 0 Å². The second-order valence-corrected chi connectivity index (χ2v) is 4.00. The Morgan fingerprint density at radius 3 is 2.76 bits per heavy atom. The number of nitrogens with one attached hydrogen (secondary N) is 1. The van der Waals surface area contributed by atoms with Gasteiger partial charge in [0.15, 0.2) is 0 Å². The van der Waals surface area contributed by atoms with E-state index in [1.807, 2.05) is 0 Å². The first kappa shape index (κ1) is 10.2. The number of rotatable bonds is 1. The summed E-state index contributed by atoms with van der Waals surface area (Å²) in [6.45, 7) is 0. The third kappa shape index (κ3) is 1.40. The van der Waals surface area contributed by atoms with Gasteiger partial charge in [-0.3, -0.25) is 4.57 Å². The fourth-order valence-corrected chi connectivity index (χ4v) is 2.33. The molecule has 3 rings (SSSR count). The van der Waals surface area contributed by atoms with Crippen LogP contribution in [0, 0.1) is 11.6 Å². The first-order chi connectivity index (χ1) is 8.18. The average molecular weight is 237 g/mol. The van der Waals surface area contributed by atoms with Gasteiger partial charge in [-0.25, -0.2) is 18.7 Å². The number of hydrogen-bond donors (Lipinski definition) is 1. The Morgan fingerprint density at radius 2 is 2.06 bits per heavy atom. The highest BCUT2D eigenvalue weighted by atomic mass is 19.1. The molecule has 1 aliphatic rings. The zero-order chi connectivity index (χ0) is 12.0. The first-order valence-electron chi connectivity index (χ1n) is 5.28. The third-order valence-corrected chi connectivity index (χ3v) is 3.06. The van der Waals surface area contributed by atoms with Crippen LogP contribution in [0.15, 0.2) is 23.0 Å². The molecule has 1 atom stereocenters. The highest BCUT2D eigenvalue weighted by Gasteiger charge is 2.30. The van der Waals surface area contributed by atoms with Crippen LogP contribution in [0.3, 0.4) is 0 Å². The Bertz CT molecular complexity index is 612. The van der Waals surface area contributed by atoms with Gasteiger partial charge in [-0.05, 0) is 18.6 Å². The number of hydrogen-bond acceptors (Lipinski definition) is 2. The number of benzene rings is 1. The van der Waals surface area contributed by atoms with Gasteiger partial charge in [0, 0.05) is 12.0 Å². The van der Waals surface area contributed by atoms with Crippen molar-refractivity contribution in [2.75, 3.05) is 0 Å². The molecule has 88 valence electrons. The number of nitrogens with zero attached hydrogens (tertiary/aromatic N) is 2. The van der Waals surface area contributed by atoms with Gasteiger partial charge >= 0.3 is 5.69 Å². The maximum absolute atomic E-state index is 13.6.